The van der Waals surface area contributed by atoms with Crippen LogP contribution in [0.4, 0.5) is 16.2 Å². The number of imide groups is 2. The van der Waals surface area contributed by atoms with Crippen LogP contribution in [0.5, 0.6) is 11.5 Å². The van der Waals surface area contributed by atoms with Crippen LogP contribution in [0.1, 0.15) is 18.1 Å². The number of nitrogens with zero attached hydrogens (tertiary/aromatic N) is 1. The van der Waals surface area contributed by atoms with E-state index in [4.69, 9.17) is 21.1 Å². The first-order valence-electron chi connectivity index (χ1n) is 11.8. The van der Waals surface area contributed by atoms with E-state index in [1.807, 2.05) is 13.8 Å². The highest BCUT2D eigenvalue weighted by Gasteiger charge is 2.37. The molecule has 1 heterocycles. The van der Waals surface area contributed by atoms with E-state index in [2.05, 4.69) is 26.6 Å². The number of amides is 5. The summed E-state index contributed by atoms with van der Waals surface area (Å²) in [5.41, 5.74) is 1.71. The van der Waals surface area contributed by atoms with Crippen LogP contribution in [0.15, 0.2) is 70.7 Å². The third kappa shape index (κ3) is 6.65. The molecule has 0 aliphatic carbocycles. The van der Waals surface area contributed by atoms with Crippen LogP contribution in [0.2, 0.25) is 5.02 Å². The molecule has 3 aromatic carbocycles. The Balaban J connectivity index is 1.56. The highest BCUT2D eigenvalue weighted by atomic mass is 79.9. The zero-order valence-corrected chi connectivity index (χ0v) is 23.3. The van der Waals surface area contributed by atoms with Crippen LogP contribution in [-0.4, -0.2) is 37.0 Å². The Morgan fingerprint density at radius 1 is 1.05 bits per heavy atom. The van der Waals surface area contributed by atoms with Gasteiger partial charge in [0.05, 0.1) is 12.3 Å². The smallest absolute Gasteiger partial charge is 0.335 e. The fraction of sp³-hybridized carbons (Fsp3) is 0.143. The molecule has 39 heavy (non-hydrogen) atoms. The van der Waals surface area contributed by atoms with Gasteiger partial charge in [0, 0.05) is 20.7 Å². The Morgan fingerprint density at radius 3 is 2.49 bits per heavy atom. The maximum absolute atomic E-state index is 13.3. The van der Waals surface area contributed by atoms with Gasteiger partial charge in [-0.25, -0.2) is 9.69 Å². The lowest BCUT2D eigenvalue weighted by Crippen LogP contribution is -2.54. The molecule has 3 aromatic rings. The highest BCUT2D eigenvalue weighted by molar-refractivity contribution is 9.10. The zero-order valence-electron chi connectivity index (χ0n) is 20.9. The number of barbiturate groups is 1. The van der Waals surface area contributed by atoms with Crippen molar-refractivity contribution in [1.82, 2.24) is 5.32 Å². The van der Waals surface area contributed by atoms with Crippen molar-refractivity contribution in [2.45, 2.75) is 13.8 Å². The predicted molar refractivity (Wildman–Crippen MR) is 151 cm³/mol. The number of hydrogen-bond acceptors (Lipinski definition) is 6. The van der Waals surface area contributed by atoms with Crippen molar-refractivity contribution in [2.75, 3.05) is 23.4 Å². The van der Waals surface area contributed by atoms with E-state index in [0.717, 1.165) is 10.5 Å². The number of carbonyl (C=O) groups excluding carboxylic acids is 4. The molecule has 0 atom stereocenters. The topological polar surface area (TPSA) is 114 Å². The molecule has 2 N–H and O–H groups in total. The van der Waals surface area contributed by atoms with Crippen molar-refractivity contribution >= 4 is 68.7 Å². The van der Waals surface area contributed by atoms with Crippen molar-refractivity contribution in [1.29, 1.82) is 0 Å². The first kappa shape index (κ1) is 27.9. The molecule has 5 amide bonds. The van der Waals surface area contributed by atoms with Crippen molar-refractivity contribution in [3.63, 3.8) is 0 Å². The van der Waals surface area contributed by atoms with Crippen molar-refractivity contribution in [2.24, 2.45) is 0 Å². The molecule has 11 heteroatoms. The van der Waals surface area contributed by atoms with E-state index in [-0.39, 0.29) is 23.6 Å². The van der Waals surface area contributed by atoms with Crippen molar-refractivity contribution < 1.29 is 28.7 Å². The maximum Gasteiger partial charge on any atom is 0.335 e. The molecule has 0 spiro atoms. The molecule has 1 saturated heterocycles. The molecule has 9 nitrogen and oxygen atoms in total. The van der Waals surface area contributed by atoms with Crippen LogP contribution in [0.3, 0.4) is 0 Å². The number of halogens is 2. The van der Waals surface area contributed by atoms with Gasteiger partial charge < -0.3 is 14.8 Å². The second kappa shape index (κ2) is 12.1. The first-order chi connectivity index (χ1) is 18.7. The molecular formula is C28H23BrClN3O6. The number of nitrogens with one attached hydrogen (secondary N) is 2. The largest absolute Gasteiger partial charge is 0.494 e. The van der Waals surface area contributed by atoms with Crippen LogP contribution in [0.25, 0.3) is 6.08 Å². The molecular weight excluding hydrogens is 590 g/mol. The van der Waals surface area contributed by atoms with Crippen LogP contribution in [0, 0.1) is 6.92 Å². The number of carbonyl (C=O) groups is 4. The van der Waals surface area contributed by atoms with Crippen LogP contribution in [-0.2, 0) is 14.4 Å². The second-order valence-corrected chi connectivity index (χ2v) is 9.69. The summed E-state index contributed by atoms with van der Waals surface area (Å²) in [6.07, 6.45) is 1.31. The molecule has 1 fully saturated rings. The third-order valence-electron chi connectivity index (χ3n) is 5.59. The van der Waals surface area contributed by atoms with Crippen molar-refractivity contribution in [3.8, 4) is 11.5 Å². The third-order valence-corrected chi connectivity index (χ3v) is 6.49. The molecule has 0 bridgehead atoms. The monoisotopic (exact) mass is 611 g/mol. The van der Waals surface area contributed by atoms with Gasteiger partial charge in [-0.2, -0.15) is 0 Å². The van der Waals surface area contributed by atoms with E-state index in [0.29, 0.717) is 33.1 Å². The molecule has 4 rings (SSSR count). The van der Waals surface area contributed by atoms with Gasteiger partial charge in [-0.05, 0) is 80.1 Å². The standard InChI is InChI=1S/C28H23BrClN3O6/c1-3-38-21-9-7-20(8-10-21)33-27(36)22(26(35)32-28(33)37)13-17-12-18(29)5-11-24(17)39-15-25(34)31-19-6-4-16(2)23(30)14-19/h4-14H,3,15H2,1-2H3,(H,31,34)(H,32,35,37)/b22-13+. The molecule has 0 unspecified atom stereocenters. The van der Waals surface area contributed by atoms with Gasteiger partial charge in [0.25, 0.3) is 17.7 Å². The van der Waals surface area contributed by atoms with E-state index in [9.17, 15) is 19.2 Å². The summed E-state index contributed by atoms with van der Waals surface area (Å²) in [4.78, 5) is 51.8. The van der Waals surface area contributed by atoms with Gasteiger partial charge in [0.15, 0.2) is 6.61 Å². The molecule has 200 valence electrons. The van der Waals surface area contributed by atoms with Crippen molar-refractivity contribution in [3.05, 3.63) is 86.9 Å². The second-order valence-electron chi connectivity index (χ2n) is 8.37. The van der Waals surface area contributed by atoms with Gasteiger partial charge in [-0.1, -0.05) is 33.6 Å². The van der Waals surface area contributed by atoms with Gasteiger partial charge in [0.1, 0.15) is 17.1 Å². The van der Waals surface area contributed by atoms with Gasteiger partial charge in [-0.3, -0.25) is 19.7 Å². The maximum atomic E-state index is 13.3. The molecule has 0 saturated carbocycles. The molecule has 1 aliphatic heterocycles. The summed E-state index contributed by atoms with van der Waals surface area (Å²) < 4.78 is 11.8. The Labute approximate surface area is 237 Å². The SMILES string of the molecule is CCOc1ccc(N2C(=O)NC(=O)/C(=C\c3cc(Br)ccc3OCC(=O)Nc3ccc(C)c(Cl)c3)C2=O)cc1. The predicted octanol–water partition coefficient (Wildman–Crippen LogP) is 5.49. The average Bonchev–Trinajstić information content (AvgIpc) is 2.89. The summed E-state index contributed by atoms with van der Waals surface area (Å²) >= 11 is 9.48. The lowest BCUT2D eigenvalue weighted by atomic mass is 10.1. The number of aryl methyl sites for hydroxylation is 1. The normalized spacial score (nSPS) is 14.3. The van der Waals surface area contributed by atoms with Crippen LogP contribution >= 0.6 is 27.5 Å². The highest BCUT2D eigenvalue weighted by Crippen LogP contribution is 2.29. The Morgan fingerprint density at radius 2 is 1.79 bits per heavy atom. The summed E-state index contributed by atoms with van der Waals surface area (Å²) in [6.45, 7) is 3.80. The van der Waals surface area contributed by atoms with Crippen LogP contribution < -0.4 is 25.0 Å². The number of rotatable bonds is 8. The van der Waals surface area contributed by atoms with E-state index in [1.54, 1.807) is 60.7 Å². The Hall–Kier alpha value is -4.15. The fourth-order valence-corrected chi connectivity index (χ4v) is 4.24. The van der Waals surface area contributed by atoms with Gasteiger partial charge >= 0.3 is 6.03 Å². The van der Waals surface area contributed by atoms with E-state index >= 15 is 0 Å². The number of anilines is 2. The van der Waals surface area contributed by atoms with E-state index in [1.165, 1.54) is 6.08 Å². The Kier molecular flexibility index (Phi) is 8.68. The summed E-state index contributed by atoms with van der Waals surface area (Å²) in [5.74, 6) is -1.29. The minimum atomic E-state index is -0.870. The fourth-order valence-electron chi connectivity index (χ4n) is 3.68. The summed E-state index contributed by atoms with van der Waals surface area (Å²) in [7, 11) is 0. The quantitative estimate of drug-likeness (QED) is 0.257. The Bertz CT molecular complexity index is 1490. The number of urea groups is 1. The number of ether oxygens (including phenoxy) is 2. The molecule has 0 aromatic heterocycles. The molecule has 1 aliphatic rings. The zero-order chi connectivity index (χ0) is 28.1. The lowest BCUT2D eigenvalue weighted by molar-refractivity contribution is -0.122. The number of hydrogen-bond donors (Lipinski definition) is 2. The average molecular weight is 613 g/mol. The number of benzene rings is 3. The summed E-state index contributed by atoms with van der Waals surface area (Å²) in [5, 5.41) is 5.41. The minimum absolute atomic E-state index is 0.243. The lowest BCUT2D eigenvalue weighted by Gasteiger charge is -2.26. The summed E-state index contributed by atoms with van der Waals surface area (Å²) in [6, 6.07) is 15.5. The van der Waals surface area contributed by atoms with Gasteiger partial charge in [0.2, 0.25) is 0 Å². The van der Waals surface area contributed by atoms with Gasteiger partial charge in [-0.15, -0.1) is 0 Å². The first-order valence-corrected chi connectivity index (χ1v) is 13.0. The van der Waals surface area contributed by atoms with E-state index < -0.39 is 23.8 Å². The minimum Gasteiger partial charge on any atom is -0.494 e. The molecule has 0 radical (unpaired) electrons.